The minimum Gasteiger partial charge on any atom is -0.345 e. The molecule has 6 rings (SSSR count). The van der Waals surface area contributed by atoms with Crippen molar-refractivity contribution in [2.75, 3.05) is 5.75 Å². The van der Waals surface area contributed by atoms with E-state index < -0.39 is 11.7 Å². The van der Waals surface area contributed by atoms with E-state index in [1.807, 2.05) is 59.3 Å². The molecule has 0 saturated carbocycles. The zero-order valence-electron chi connectivity index (χ0n) is 24.6. The fraction of sp³-hybridized carbons (Fsp3) is 0.206. The quantitative estimate of drug-likeness (QED) is 0.168. The molecule has 0 fully saturated rings. The van der Waals surface area contributed by atoms with Crippen LogP contribution in [0.15, 0.2) is 107 Å². The Morgan fingerprint density at radius 2 is 1.82 bits per heavy atom. The van der Waals surface area contributed by atoms with Gasteiger partial charge >= 0.3 is 0 Å². The zero-order valence-corrected chi connectivity index (χ0v) is 26.2. The van der Waals surface area contributed by atoms with Crippen molar-refractivity contribution in [1.82, 2.24) is 25.1 Å². The number of rotatable bonds is 11. The predicted octanol–water partition coefficient (Wildman–Crippen LogP) is 6.43. The van der Waals surface area contributed by atoms with Gasteiger partial charge in [-0.2, -0.15) is 5.10 Å². The number of aryl methyl sites for hydroxylation is 2. The molecule has 0 spiro atoms. The first-order valence-corrected chi connectivity index (χ1v) is 16.4. The number of hydrogen-bond acceptors (Lipinski definition) is 7. The van der Waals surface area contributed by atoms with Crippen molar-refractivity contribution in [1.29, 1.82) is 0 Å². The van der Waals surface area contributed by atoms with Gasteiger partial charge in [-0.3, -0.25) is 9.59 Å². The summed E-state index contributed by atoms with van der Waals surface area (Å²) in [6.45, 7) is 2.69. The lowest BCUT2D eigenvalue weighted by atomic mass is 10.00. The molecule has 1 N–H and O–H groups in total. The number of nitrogens with zero attached hydrogens (tertiary/aromatic N) is 5. The summed E-state index contributed by atoms with van der Waals surface area (Å²) in [4.78, 5) is 27.5. The van der Waals surface area contributed by atoms with Crippen LogP contribution in [0.2, 0.25) is 0 Å². The van der Waals surface area contributed by atoms with Gasteiger partial charge in [0.2, 0.25) is 0 Å². The normalized spacial score (nSPS) is 14.4. The first-order chi connectivity index (χ1) is 21.9. The first-order valence-electron chi connectivity index (χ1n) is 14.6. The molecule has 0 unspecified atom stereocenters. The Morgan fingerprint density at radius 1 is 1.00 bits per heavy atom. The van der Waals surface area contributed by atoms with Crippen LogP contribution in [0.1, 0.15) is 50.2 Å². The highest BCUT2D eigenvalue weighted by Crippen LogP contribution is 2.35. The third kappa shape index (κ3) is 7.38. The first kappa shape index (κ1) is 30.4. The molecule has 2 amide bonds. The van der Waals surface area contributed by atoms with Crippen LogP contribution in [0.3, 0.4) is 0 Å². The van der Waals surface area contributed by atoms with Crippen LogP contribution in [0.25, 0.3) is 0 Å². The van der Waals surface area contributed by atoms with Gasteiger partial charge in [0.05, 0.1) is 28.9 Å². The van der Waals surface area contributed by atoms with Gasteiger partial charge in [0, 0.05) is 18.5 Å². The SMILES string of the molecule is Cc1ccc([C@@H]2CC(c3cccs3)=NN2C(=O)CSc2nnc(CNC(=O)c3cccc(F)c3)n2CCc2ccccc2)cc1. The summed E-state index contributed by atoms with van der Waals surface area (Å²) in [5.74, 6) is -0.362. The molecule has 1 aliphatic heterocycles. The number of carbonyl (C=O) groups excluding carboxylic acids is 2. The summed E-state index contributed by atoms with van der Waals surface area (Å²) in [5.41, 5.74) is 4.46. The smallest absolute Gasteiger partial charge is 0.253 e. The van der Waals surface area contributed by atoms with Gasteiger partial charge in [-0.05, 0) is 54.1 Å². The van der Waals surface area contributed by atoms with E-state index in [4.69, 9.17) is 5.10 Å². The van der Waals surface area contributed by atoms with Crippen molar-refractivity contribution in [3.8, 4) is 0 Å². The maximum Gasteiger partial charge on any atom is 0.253 e. The molecule has 0 saturated heterocycles. The minimum absolute atomic E-state index is 0.0989. The summed E-state index contributed by atoms with van der Waals surface area (Å²) in [6, 6.07) is 27.6. The van der Waals surface area contributed by atoms with Crippen LogP contribution in [0.4, 0.5) is 4.39 Å². The van der Waals surface area contributed by atoms with Crippen LogP contribution in [0.5, 0.6) is 0 Å². The van der Waals surface area contributed by atoms with Crippen LogP contribution in [0, 0.1) is 12.7 Å². The molecule has 45 heavy (non-hydrogen) atoms. The van der Waals surface area contributed by atoms with Crippen LogP contribution < -0.4 is 5.32 Å². The number of thiophene rings is 1. The number of carbonyl (C=O) groups is 2. The van der Waals surface area contributed by atoms with Gasteiger partial charge in [0.25, 0.3) is 11.8 Å². The maximum atomic E-state index is 13.7. The van der Waals surface area contributed by atoms with E-state index in [0.717, 1.165) is 27.3 Å². The Kier molecular flexibility index (Phi) is 9.46. The van der Waals surface area contributed by atoms with Gasteiger partial charge in [0.1, 0.15) is 5.82 Å². The Labute approximate surface area is 269 Å². The van der Waals surface area contributed by atoms with Crippen molar-refractivity contribution in [3.63, 3.8) is 0 Å². The molecule has 0 bridgehead atoms. The van der Waals surface area contributed by atoms with Crippen molar-refractivity contribution in [2.45, 2.75) is 44.1 Å². The van der Waals surface area contributed by atoms with E-state index in [1.165, 1.54) is 30.0 Å². The van der Waals surface area contributed by atoms with Gasteiger partial charge in [0.15, 0.2) is 11.0 Å². The maximum absolute atomic E-state index is 13.7. The van der Waals surface area contributed by atoms with Crippen molar-refractivity contribution in [3.05, 3.63) is 135 Å². The highest BCUT2D eigenvalue weighted by atomic mass is 32.2. The Hall–Kier alpha value is -4.61. The van der Waals surface area contributed by atoms with E-state index in [-0.39, 0.29) is 29.8 Å². The van der Waals surface area contributed by atoms with E-state index in [1.54, 1.807) is 22.4 Å². The van der Waals surface area contributed by atoms with Gasteiger partial charge in [-0.25, -0.2) is 9.40 Å². The van der Waals surface area contributed by atoms with Crippen LogP contribution in [-0.4, -0.2) is 43.1 Å². The number of benzene rings is 3. The molecular formula is C34H31FN6O2S2. The summed E-state index contributed by atoms with van der Waals surface area (Å²) in [5, 5.41) is 20.6. The molecule has 228 valence electrons. The molecule has 3 heterocycles. The average Bonchev–Trinajstić information content (AvgIpc) is 3.83. The van der Waals surface area contributed by atoms with Crippen LogP contribution >= 0.6 is 23.1 Å². The monoisotopic (exact) mass is 638 g/mol. The molecule has 0 radical (unpaired) electrons. The number of nitrogens with one attached hydrogen (secondary N) is 1. The number of hydrogen-bond donors (Lipinski definition) is 1. The number of thioether (sulfide) groups is 1. The van der Waals surface area contributed by atoms with E-state index in [2.05, 4.69) is 39.8 Å². The Morgan fingerprint density at radius 3 is 2.58 bits per heavy atom. The Bertz CT molecular complexity index is 1810. The van der Waals surface area contributed by atoms with Crippen molar-refractivity contribution < 1.29 is 14.0 Å². The standard InChI is InChI=1S/C34H31FN6O2S2/c1-23-12-14-25(15-13-23)29-20-28(30-11-6-18-44-30)39-41(29)32(42)22-45-34-38-37-31(40(34)17-16-24-7-3-2-4-8-24)21-36-33(43)26-9-5-10-27(35)19-26/h2-15,18-19,29H,16-17,20-22H2,1H3,(H,36,43)/t29-/m0/s1. The molecule has 1 atom stereocenters. The predicted molar refractivity (Wildman–Crippen MR) is 175 cm³/mol. The topological polar surface area (TPSA) is 92.5 Å². The molecule has 1 aliphatic rings. The van der Waals surface area contributed by atoms with E-state index in [0.29, 0.717) is 30.4 Å². The molecule has 3 aromatic carbocycles. The Balaban J connectivity index is 1.19. The van der Waals surface area contributed by atoms with E-state index >= 15 is 0 Å². The van der Waals surface area contributed by atoms with Crippen molar-refractivity contribution >= 4 is 40.6 Å². The summed E-state index contributed by atoms with van der Waals surface area (Å²) >= 11 is 2.91. The fourth-order valence-electron chi connectivity index (χ4n) is 5.13. The highest BCUT2D eigenvalue weighted by molar-refractivity contribution is 7.99. The number of amides is 2. The van der Waals surface area contributed by atoms with Gasteiger partial charge < -0.3 is 9.88 Å². The van der Waals surface area contributed by atoms with Gasteiger partial charge in [-0.15, -0.1) is 21.5 Å². The van der Waals surface area contributed by atoms with Crippen LogP contribution in [-0.2, 0) is 24.3 Å². The lowest BCUT2D eigenvalue weighted by Gasteiger charge is -2.22. The summed E-state index contributed by atoms with van der Waals surface area (Å²) in [6.07, 6.45) is 1.35. The fourth-order valence-corrected chi connectivity index (χ4v) is 6.69. The molecule has 5 aromatic rings. The largest absolute Gasteiger partial charge is 0.345 e. The lowest BCUT2D eigenvalue weighted by molar-refractivity contribution is -0.130. The van der Waals surface area contributed by atoms with Gasteiger partial charge in [-0.1, -0.05) is 84.1 Å². The molecular weight excluding hydrogens is 608 g/mol. The second-order valence-corrected chi connectivity index (χ2v) is 12.6. The van der Waals surface area contributed by atoms with Crippen molar-refractivity contribution in [2.24, 2.45) is 5.10 Å². The summed E-state index contributed by atoms with van der Waals surface area (Å²) in [7, 11) is 0. The second kappa shape index (κ2) is 14.0. The highest BCUT2D eigenvalue weighted by Gasteiger charge is 2.33. The lowest BCUT2D eigenvalue weighted by Crippen LogP contribution is -2.28. The molecule has 11 heteroatoms. The third-order valence-electron chi connectivity index (χ3n) is 7.51. The third-order valence-corrected chi connectivity index (χ3v) is 9.38. The zero-order chi connectivity index (χ0) is 31.2. The number of aromatic nitrogens is 3. The molecule has 0 aliphatic carbocycles. The molecule has 8 nitrogen and oxygen atoms in total. The summed E-state index contributed by atoms with van der Waals surface area (Å²) < 4.78 is 15.6. The second-order valence-electron chi connectivity index (χ2n) is 10.7. The molecule has 2 aromatic heterocycles. The average molecular weight is 639 g/mol. The number of hydrazone groups is 1. The number of halogens is 1. The van der Waals surface area contributed by atoms with E-state index in [9.17, 15) is 14.0 Å². The minimum atomic E-state index is -0.480.